The van der Waals surface area contributed by atoms with Crippen molar-refractivity contribution in [1.82, 2.24) is 0 Å². The molecule has 0 fully saturated rings. The van der Waals surface area contributed by atoms with E-state index in [2.05, 4.69) is 0 Å². The Kier molecular flexibility index (Phi) is 2.96. The molecule has 0 aliphatic carbocycles. The van der Waals surface area contributed by atoms with Gasteiger partial charge in [0.05, 0.1) is 23.4 Å². The van der Waals surface area contributed by atoms with Crippen LogP contribution in [0.2, 0.25) is 0 Å². The van der Waals surface area contributed by atoms with Crippen LogP contribution in [0.25, 0.3) is 10.6 Å². The van der Waals surface area contributed by atoms with Gasteiger partial charge in [-0.25, -0.2) is 4.79 Å². The summed E-state index contributed by atoms with van der Waals surface area (Å²) in [5, 5.41) is 0. The highest BCUT2D eigenvalue weighted by Crippen LogP contribution is 2.33. The topological polar surface area (TPSA) is 65.5 Å². The van der Waals surface area contributed by atoms with Gasteiger partial charge in [-0.15, -0.1) is 11.3 Å². The number of furan rings is 1. The average Bonchev–Trinajstić information content (AvgIpc) is 2.86. The molecule has 4 nitrogen and oxygen atoms in total. The molecule has 0 spiro atoms. The quantitative estimate of drug-likeness (QED) is 0.833. The smallest absolute Gasteiger partial charge is 0.350 e. The van der Waals surface area contributed by atoms with Crippen LogP contribution in [0.15, 0.2) is 28.9 Å². The van der Waals surface area contributed by atoms with Crippen LogP contribution in [0.5, 0.6) is 0 Å². The summed E-state index contributed by atoms with van der Waals surface area (Å²) in [5.41, 5.74) is 6.17. The molecule has 16 heavy (non-hydrogen) atoms. The van der Waals surface area contributed by atoms with Crippen molar-refractivity contribution in [2.45, 2.75) is 6.92 Å². The Morgan fingerprint density at radius 3 is 3.06 bits per heavy atom. The van der Waals surface area contributed by atoms with Crippen LogP contribution >= 0.6 is 11.3 Å². The summed E-state index contributed by atoms with van der Waals surface area (Å²) in [5.74, 6) is 0.315. The van der Waals surface area contributed by atoms with Gasteiger partial charge in [0.1, 0.15) is 10.6 Å². The third-order valence-corrected chi connectivity index (χ3v) is 3.13. The largest absolute Gasteiger partial charge is 0.464 e. The molecule has 0 saturated heterocycles. The van der Waals surface area contributed by atoms with Crippen LogP contribution in [-0.2, 0) is 4.74 Å². The van der Waals surface area contributed by atoms with Gasteiger partial charge in [0, 0.05) is 0 Å². The average molecular weight is 237 g/mol. The summed E-state index contributed by atoms with van der Waals surface area (Å²) < 4.78 is 10.1. The molecule has 5 heteroatoms. The van der Waals surface area contributed by atoms with Crippen LogP contribution in [0.4, 0.5) is 5.69 Å². The molecular formula is C11H11NO3S. The first kappa shape index (κ1) is 10.8. The molecule has 0 bridgehead atoms. The fourth-order valence-electron chi connectivity index (χ4n) is 1.30. The second-order valence-electron chi connectivity index (χ2n) is 3.09. The number of carbonyl (C=O) groups is 1. The standard InChI is InChI=1S/C11H11NO3S/c1-2-14-11(13)10-7(12)6-9(16-10)8-4-3-5-15-8/h3-6H,2,12H2,1H3. The fourth-order valence-corrected chi connectivity index (χ4v) is 2.24. The highest BCUT2D eigenvalue weighted by Gasteiger charge is 2.17. The number of anilines is 1. The lowest BCUT2D eigenvalue weighted by molar-refractivity contribution is 0.0533. The maximum absolute atomic E-state index is 11.5. The molecule has 0 unspecified atom stereocenters. The number of hydrogen-bond acceptors (Lipinski definition) is 5. The maximum Gasteiger partial charge on any atom is 0.350 e. The maximum atomic E-state index is 11.5. The number of thiophene rings is 1. The highest BCUT2D eigenvalue weighted by atomic mass is 32.1. The summed E-state index contributed by atoms with van der Waals surface area (Å²) in [6, 6.07) is 5.32. The monoisotopic (exact) mass is 237 g/mol. The molecule has 0 atom stereocenters. The molecule has 0 aromatic carbocycles. The minimum absolute atomic E-state index is 0.340. The normalized spacial score (nSPS) is 10.3. The van der Waals surface area contributed by atoms with E-state index in [-0.39, 0.29) is 5.97 Å². The van der Waals surface area contributed by atoms with Crippen molar-refractivity contribution in [1.29, 1.82) is 0 Å². The van der Waals surface area contributed by atoms with Crippen molar-refractivity contribution in [2.75, 3.05) is 12.3 Å². The van der Waals surface area contributed by atoms with E-state index in [0.717, 1.165) is 4.88 Å². The van der Waals surface area contributed by atoms with E-state index in [1.165, 1.54) is 11.3 Å². The molecule has 2 aromatic heterocycles. The lowest BCUT2D eigenvalue weighted by Gasteiger charge is -1.98. The predicted molar refractivity (Wildman–Crippen MR) is 62.4 cm³/mol. The van der Waals surface area contributed by atoms with Crippen LogP contribution in [-0.4, -0.2) is 12.6 Å². The van der Waals surface area contributed by atoms with Crippen molar-refractivity contribution < 1.29 is 13.9 Å². The first-order valence-corrected chi connectivity index (χ1v) is 5.64. The number of ether oxygens (including phenoxy) is 1. The molecule has 0 amide bonds. The molecule has 2 aromatic rings. The highest BCUT2D eigenvalue weighted by molar-refractivity contribution is 7.17. The van der Waals surface area contributed by atoms with Crippen molar-refractivity contribution in [2.24, 2.45) is 0 Å². The predicted octanol–water partition coefficient (Wildman–Crippen LogP) is 2.77. The number of rotatable bonds is 3. The Hall–Kier alpha value is -1.75. The zero-order chi connectivity index (χ0) is 11.5. The van der Waals surface area contributed by atoms with Gasteiger partial charge in [-0.2, -0.15) is 0 Å². The summed E-state index contributed by atoms with van der Waals surface area (Å²) in [6.07, 6.45) is 1.58. The van der Waals surface area contributed by atoms with Crippen LogP contribution < -0.4 is 5.73 Å². The minimum Gasteiger partial charge on any atom is -0.464 e. The summed E-state index contributed by atoms with van der Waals surface area (Å²) in [6.45, 7) is 2.10. The van der Waals surface area contributed by atoms with Gasteiger partial charge in [-0.1, -0.05) is 0 Å². The molecule has 0 aliphatic rings. The SMILES string of the molecule is CCOC(=O)c1sc(-c2ccco2)cc1N. The van der Waals surface area contributed by atoms with Gasteiger partial charge < -0.3 is 14.9 Å². The summed E-state index contributed by atoms with van der Waals surface area (Å²) in [7, 11) is 0. The van der Waals surface area contributed by atoms with Gasteiger partial charge in [0.15, 0.2) is 0 Å². The van der Waals surface area contributed by atoms with E-state index < -0.39 is 0 Å². The molecule has 0 aliphatic heterocycles. The molecule has 84 valence electrons. The Morgan fingerprint density at radius 2 is 2.44 bits per heavy atom. The number of carbonyl (C=O) groups excluding carboxylic acids is 1. The number of hydrogen-bond donors (Lipinski definition) is 1. The van der Waals surface area contributed by atoms with E-state index in [4.69, 9.17) is 14.9 Å². The number of nitrogen functional groups attached to an aromatic ring is 1. The minimum atomic E-state index is -0.386. The van der Waals surface area contributed by atoms with Gasteiger partial charge in [-0.3, -0.25) is 0 Å². The van der Waals surface area contributed by atoms with Crippen LogP contribution in [0.1, 0.15) is 16.6 Å². The molecule has 2 heterocycles. The lowest BCUT2D eigenvalue weighted by atomic mass is 10.3. The Morgan fingerprint density at radius 1 is 1.62 bits per heavy atom. The second kappa shape index (κ2) is 4.40. The molecule has 2 rings (SSSR count). The Bertz CT molecular complexity index is 487. The fraction of sp³-hybridized carbons (Fsp3) is 0.182. The lowest BCUT2D eigenvalue weighted by Crippen LogP contribution is -2.04. The Balaban J connectivity index is 2.32. The van der Waals surface area contributed by atoms with Gasteiger partial charge in [0.25, 0.3) is 0 Å². The van der Waals surface area contributed by atoms with Gasteiger partial charge in [0.2, 0.25) is 0 Å². The number of nitrogens with two attached hydrogens (primary N) is 1. The van der Waals surface area contributed by atoms with E-state index in [1.54, 1.807) is 25.3 Å². The first-order chi connectivity index (χ1) is 7.72. The Labute approximate surface area is 96.6 Å². The third kappa shape index (κ3) is 1.94. The van der Waals surface area contributed by atoms with E-state index in [0.29, 0.717) is 22.9 Å². The summed E-state index contributed by atoms with van der Waals surface area (Å²) >= 11 is 1.27. The molecule has 0 saturated carbocycles. The summed E-state index contributed by atoms with van der Waals surface area (Å²) in [4.78, 5) is 12.8. The first-order valence-electron chi connectivity index (χ1n) is 4.82. The third-order valence-electron chi connectivity index (χ3n) is 1.99. The van der Waals surface area contributed by atoms with E-state index >= 15 is 0 Å². The molecular weight excluding hydrogens is 226 g/mol. The zero-order valence-electron chi connectivity index (χ0n) is 8.73. The van der Waals surface area contributed by atoms with Crippen LogP contribution in [0.3, 0.4) is 0 Å². The number of esters is 1. The van der Waals surface area contributed by atoms with E-state index in [1.807, 2.05) is 6.07 Å². The molecule has 2 N–H and O–H groups in total. The molecule has 0 radical (unpaired) electrons. The second-order valence-corrected chi connectivity index (χ2v) is 4.15. The van der Waals surface area contributed by atoms with Gasteiger partial charge in [-0.05, 0) is 25.1 Å². The van der Waals surface area contributed by atoms with Crippen molar-refractivity contribution in [3.05, 3.63) is 29.3 Å². The van der Waals surface area contributed by atoms with Gasteiger partial charge >= 0.3 is 5.97 Å². The van der Waals surface area contributed by atoms with Crippen LogP contribution in [0, 0.1) is 0 Å². The van der Waals surface area contributed by atoms with Crippen molar-refractivity contribution >= 4 is 23.0 Å². The van der Waals surface area contributed by atoms with E-state index in [9.17, 15) is 4.79 Å². The zero-order valence-corrected chi connectivity index (χ0v) is 9.54. The van der Waals surface area contributed by atoms with Crippen molar-refractivity contribution in [3.63, 3.8) is 0 Å². The van der Waals surface area contributed by atoms with Crippen molar-refractivity contribution in [3.8, 4) is 10.6 Å².